The van der Waals surface area contributed by atoms with E-state index in [2.05, 4.69) is 42.0 Å². The molecule has 0 saturated carbocycles. The highest BCUT2D eigenvalue weighted by atomic mass is 32.1. The summed E-state index contributed by atoms with van der Waals surface area (Å²) in [6.45, 7) is 8.11. The number of hydrogen-bond donors (Lipinski definition) is 1. The third kappa shape index (κ3) is 4.35. The fourth-order valence-corrected chi connectivity index (χ4v) is 3.53. The zero-order chi connectivity index (χ0) is 13.7. The van der Waals surface area contributed by atoms with E-state index in [9.17, 15) is 0 Å². The van der Waals surface area contributed by atoms with Crippen molar-refractivity contribution in [3.63, 3.8) is 0 Å². The first-order valence-corrected chi connectivity index (χ1v) is 7.96. The van der Waals surface area contributed by atoms with Gasteiger partial charge in [0.15, 0.2) is 0 Å². The number of aliphatic hydroxyl groups excluding tert-OH is 1. The standard InChI is InChI=1S/C16H23NOS/c1-13(2)15-5-7-17(8-6-15)11-16-10-14(12-19-16)4-3-9-18/h10,12-13,15,18H,5-9,11H2,1-2H3. The highest BCUT2D eigenvalue weighted by Crippen LogP contribution is 2.26. The van der Waals surface area contributed by atoms with E-state index in [4.69, 9.17) is 5.11 Å². The van der Waals surface area contributed by atoms with Crippen molar-refractivity contribution in [2.75, 3.05) is 19.7 Å². The molecule has 0 aromatic carbocycles. The quantitative estimate of drug-likeness (QED) is 0.859. The Morgan fingerprint density at radius 3 is 2.79 bits per heavy atom. The minimum atomic E-state index is -0.0616. The summed E-state index contributed by atoms with van der Waals surface area (Å²) >= 11 is 1.77. The Labute approximate surface area is 120 Å². The van der Waals surface area contributed by atoms with Crippen LogP contribution in [0.5, 0.6) is 0 Å². The Morgan fingerprint density at radius 2 is 2.16 bits per heavy atom. The van der Waals surface area contributed by atoms with Crippen molar-refractivity contribution >= 4 is 11.3 Å². The lowest BCUT2D eigenvalue weighted by Crippen LogP contribution is -2.34. The predicted octanol–water partition coefficient (Wildman–Crippen LogP) is 2.96. The fraction of sp³-hybridized carbons (Fsp3) is 0.625. The number of piperidine rings is 1. The van der Waals surface area contributed by atoms with Gasteiger partial charge in [-0.25, -0.2) is 0 Å². The average Bonchev–Trinajstić information content (AvgIpc) is 2.84. The number of nitrogens with zero attached hydrogens (tertiary/aromatic N) is 1. The topological polar surface area (TPSA) is 23.5 Å². The minimum Gasteiger partial charge on any atom is -0.384 e. The normalized spacial score (nSPS) is 17.5. The molecule has 19 heavy (non-hydrogen) atoms. The first kappa shape index (κ1) is 14.6. The summed E-state index contributed by atoms with van der Waals surface area (Å²) in [6, 6.07) is 2.15. The van der Waals surface area contributed by atoms with Crippen LogP contribution in [-0.4, -0.2) is 29.7 Å². The molecule has 1 aliphatic rings. The molecule has 1 fully saturated rings. The smallest absolute Gasteiger partial charge is 0.104 e. The number of thiophene rings is 1. The van der Waals surface area contributed by atoms with Gasteiger partial charge in [0.1, 0.15) is 6.61 Å². The van der Waals surface area contributed by atoms with Crippen molar-refractivity contribution < 1.29 is 5.11 Å². The molecule has 0 bridgehead atoms. The Kier molecular flexibility index (Phi) is 5.45. The average molecular weight is 277 g/mol. The molecule has 0 amide bonds. The lowest BCUT2D eigenvalue weighted by molar-refractivity contribution is 0.153. The maximum atomic E-state index is 8.69. The molecular formula is C16H23NOS. The van der Waals surface area contributed by atoms with Crippen molar-refractivity contribution in [1.29, 1.82) is 0 Å². The molecule has 1 aromatic rings. The zero-order valence-corrected chi connectivity index (χ0v) is 12.7. The summed E-state index contributed by atoms with van der Waals surface area (Å²) in [7, 11) is 0. The molecule has 1 aliphatic heterocycles. The number of hydrogen-bond acceptors (Lipinski definition) is 3. The second-order valence-corrected chi connectivity index (χ2v) is 6.61. The zero-order valence-electron chi connectivity index (χ0n) is 11.9. The first-order chi connectivity index (χ1) is 9.19. The molecule has 104 valence electrons. The van der Waals surface area contributed by atoms with Gasteiger partial charge in [0.25, 0.3) is 0 Å². The van der Waals surface area contributed by atoms with Crippen molar-refractivity contribution in [3.8, 4) is 11.8 Å². The van der Waals surface area contributed by atoms with E-state index in [1.54, 1.807) is 11.3 Å². The summed E-state index contributed by atoms with van der Waals surface area (Å²) in [5, 5.41) is 10.8. The lowest BCUT2D eigenvalue weighted by atomic mass is 9.87. The molecule has 1 aromatic heterocycles. The summed E-state index contributed by atoms with van der Waals surface area (Å²) in [5.41, 5.74) is 1.03. The Morgan fingerprint density at radius 1 is 1.42 bits per heavy atom. The second kappa shape index (κ2) is 7.09. The largest absolute Gasteiger partial charge is 0.384 e. The molecular weight excluding hydrogens is 254 g/mol. The Balaban J connectivity index is 1.84. The SMILES string of the molecule is CC(C)C1CCN(Cc2cc(C#CCO)cs2)CC1. The van der Waals surface area contributed by atoms with E-state index < -0.39 is 0 Å². The second-order valence-electron chi connectivity index (χ2n) is 5.62. The molecule has 1 saturated heterocycles. The summed E-state index contributed by atoms with van der Waals surface area (Å²) < 4.78 is 0. The van der Waals surface area contributed by atoms with Crippen LogP contribution >= 0.6 is 11.3 Å². The van der Waals surface area contributed by atoms with Crippen molar-refractivity contribution in [3.05, 3.63) is 21.9 Å². The number of aliphatic hydroxyl groups is 1. The van der Waals surface area contributed by atoms with Crippen LogP contribution in [0.3, 0.4) is 0 Å². The fourth-order valence-electron chi connectivity index (χ4n) is 2.67. The maximum Gasteiger partial charge on any atom is 0.104 e. The molecule has 0 radical (unpaired) electrons. The molecule has 2 rings (SSSR count). The van der Waals surface area contributed by atoms with Gasteiger partial charge in [-0.3, -0.25) is 4.90 Å². The van der Waals surface area contributed by atoms with Crippen molar-refractivity contribution in [2.45, 2.75) is 33.2 Å². The molecule has 0 unspecified atom stereocenters. The third-order valence-corrected chi connectivity index (χ3v) is 4.84. The van der Waals surface area contributed by atoms with E-state index in [0.29, 0.717) is 0 Å². The van der Waals surface area contributed by atoms with Gasteiger partial charge in [0.2, 0.25) is 0 Å². The summed E-state index contributed by atoms with van der Waals surface area (Å²) in [6.07, 6.45) is 2.67. The third-order valence-electron chi connectivity index (χ3n) is 3.92. The van der Waals surface area contributed by atoms with Crippen LogP contribution < -0.4 is 0 Å². The molecule has 2 heterocycles. The van der Waals surface area contributed by atoms with Crippen LogP contribution in [0.25, 0.3) is 0 Å². The highest BCUT2D eigenvalue weighted by molar-refractivity contribution is 7.10. The van der Waals surface area contributed by atoms with Crippen LogP contribution in [0.15, 0.2) is 11.4 Å². The molecule has 0 aliphatic carbocycles. The van der Waals surface area contributed by atoms with Crippen LogP contribution in [0.2, 0.25) is 0 Å². The van der Waals surface area contributed by atoms with E-state index in [1.165, 1.54) is 30.8 Å². The molecule has 3 heteroatoms. The van der Waals surface area contributed by atoms with Crippen LogP contribution in [0.4, 0.5) is 0 Å². The van der Waals surface area contributed by atoms with Gasteiger partial charge in [-0.2, -0.15) is 0 Å². The molecule has 0 spiro atoms. The van der Waals surface area contributed by atoms with Gasteiger partial charge in [-0.15, -0.1) is 11.3 Å². The number of likely N-dealkylation sites (tertiary alicyclic amines) is 1. The van der Waals surface area contributed by atoms with Crippen molar-refractivity contribution in [2.24, 2.45) is 11.8 Å². The van der Waals surface area contributed by atoms with Crippen LogP contribution in [0.1, 0.15) is 37.1 Å². The minimum absolute atomic E-state index is 0.0616. The van der Waals surface area contributed by atoms with Crippen molar-refractivity contribution in [1.82, 2.24) is 4.90 Å². The van der Waals surface area contributed by atoms with Gasteiger partial charge in [-0.05, 0) is 43.8 Å². The molecule has 1 N–H and O–H groups in total. The van der Waals surface area contributed by atoms with Gasteiger partial charge < -0.3 is 5.11 Å². The first-order valence-electron chi connectivity index (χ1n) is 7.08. The monoisotopic (exact) mass is 277 g/mol. The van der Waals surface area contributed by atoms with Gasteiger partial charge in [0, 0.05) is 22.4 Å². The van der Waals surface area contributed by atoms with Gasteiger partial charge in [0.05, 0.1) is 0 Å². The summed E-state index contributed by atoms with van der Waals surface area (Å²) in [4.78, 5) is 3.93. The van der Waals surface area contributed by atoms with E-state index in [1.807, 2.05) is 0 Å². The van der Waals surface area contributed by atoms with E-state index in [-0.39, 0.29) is 6.61 Å². The predicted molar refractivity (Wildman–Crippen MR) is 81.1 cm³/mol. The van der Waals surface area contributed by atoms with E-state index in [0.717, 1.165) is 23.9 Å². The molecule has 2 nitrogen and oxygen atoms in total. The number of rotatable bonds is 3. The molecule has 0 atom stereocenters. The summed E-state index contributed by atoms with van der Waals surface area (Å²) in [5.74, 6) is 7.40. The highest BCUT2D eigenvalue weighted by Gasteiger charge is 2.21. The maximum absolute atomic E-state index is 8.69. The Bertz CT molecular complexity index is 447. The van der Waals surface area contributed by atoms with E-state index >= 15 is 0 Å². The lowest BCUT2D eigenvalue weighted by Gasteiger charge is -2.33. The van der Waals surface area contributed by atoms with Crippen LogP contribution in [-0.2, 0) is 6.54 Å². The van der Waals surface area contributed by atoms with Gasteiger partial charge in [-0.1, -0.05) is 25.7 Å². The van der Waals surface area contributed by atoms with Crippen LogP contribution in [0, 0.1) is 23.7 Å². The van der Waals surface area contributed by atoms with Gasteiger partial charge >= 0.3 is 0 Å². The Hall–Kier alpha value is -0.820.